The van der Waals surface area contributed by atoms with E-state index in [4.69, 9.17) is 9.15 Å². The second-order valence-electron chi connectivity index (χ2n) is 6.62. The van der Waals surface area contributed by atoms with Crippen LogP contribution in [0.2, 0.25) is 0 Å². The third-order valence-electron chi connectivity index (χ3n) is 4.60. The molecule has 6 nitrogen and oxygen atoms in total. The zero-order chi connectivity index (χ0) is 21.1. The Hall–Kier alpha value is -3.11. The van der Waals surface area contributed by atoms with Gasteiger partial charge in [0.1, 0.15) is 16.7 Å². The number of hydrogen-bond donors (Lipinski definition) is 0. The Morgan fingerprint density at radius 1 is 1.21 bits per heavy atom. The smallest absolute Gasteiger partial charge is 0.340 e. The van der Waals surface area contributed by atoms with Crippen LogP contribution in [0.1, 0.15) is 45.2 Å². The first-order valence-corrected chi connectivity index (χ1v) is 10.1. The Bertz CT molecular complexity index is 1210. The quantitative estimate of drug-likeness (QED) is 0.350. The van der Waals surface area contributed by atoms with Crippen molar-refractivity contribution in [2.45, 2.75) is 38.5 Å². The second-order valence-corrected chi connectivity index (χ2v) is 7.58. The van der Waals surface area contributed by atoms with Crippen LogP contribution in [0.15, 0.2) is 38.5 Å². The lowest BCUT2D eigenvalue weighted by atomic mass is 10.0. The molecule has 1 aromatic carbocycles. The average molecular weight is 408 g/mol. The number of pyridine rings is 1. The zero-order valence-corrected chi connectivity index (χ0v) is 17.5. The molecule has 148 valence electrons. The van der Waals surface area contributed by atoms with E-state index in [0.717, 1.165) is 22.1 Å². The lowest BCUT2D eigenvalue weighted by Gasteiger charge is -2.10. The van der Waals surface area contributed by atoms with Crippen LogP contribution in [0.4, 0.5) is 0 Å². The summed E-state index contributed by atoms with van der Waals surface area (Å²) in [4.78, 5) is 28.5. The maximum Gasteiger partial charge on any atom is 0.340 e. The van der Waals surface area contributed by atoms with Crippen LogP contribution in [0.5, 0.6) is 0 Å². The van der Waals surface area contributed by atoms with Crippen molar-refractivity contribution in [3.05, 3.63) is 68.2 Å². The highest BCUT2D eigenvalue weighted by Crippen LogP contribution is 2.30. The minimum Gasteiger partial charge on any atom is -0.462 e. The average Bonchev–Trinajstić information content (AvgIpc) is 2.67. The molecule has 0 radical (unpaired) electrons. The second kappa shape index (κ2) is 8.50. The molecule has 0 aliphatic rings. The van der Waals surface area contributed by atoms with E-state index in [2.05, 4.69) is 11.1 Å². The third-order valence-corrected chi connectivity index (χ3v) is 5.64. The standard InChI is InChI=1S/C22H20N2O4S/c1-5-27-22(26)17-8-15(10-23)21(24-14(17)4)29-11-16-9-20(25)28-19-7-13(3)12(2)6-18(16)19/h6-9H,5,11H2,1-4H3. The minimum absolute atomic E-state index is 0.249. The van der Waals surface area contributed by atoms with Crippen LogP contribution >= 0.6 is 11.8 Å². The van der Waals surface area contributed by atoms with Gasteiger partial charge in [-0.2, -0.15) is 5.26 Å². The van der Waals surface area contributed by atoms with E-state index >= 15 is 0 Å². The monoisotopic (exact) mass is 408 g/mol. The van der Waals surface area contributed by atoms with Gasteiger partial charge >= 0.3 is 11.6 Å². The molecule has 0 bridgehead atoms. The predicted octanol–water partition coefficient (Wildman–Crippen LogP) is 4.45. The van der Waals surface area contributed by atoms with E-state index in [1.165, 1.54) is 23.9 Å². The van der Waals surface area contributed by atoms with E-state index in [9.17, 15) is 14.9 Å². The predicted molar refractivity (Wildman–Crippen MR) is 111 cm³/mol. The van der Waals surface area contributed by atoms with Crippen molar-refractivity contribution in [2.75, 3.05) is 6.61 Å². The molecule has 2 heterocycles. The number of nitriles is 1. The number of rotatable bonds is 5. The van der Waals surface area contributed by atoms with Crippen LogP contribution in [0.25, 0.3) is 11.0 Å². The maximum atomic E-state index is 12.0. The topological polar surface area (TPSA) is 93.2 Å². The molecule has 0 amide bonds. The van der Waals surface area contributed by atoms with Crippen LogP contribution < -0.4 is 5.63 Å². The summed E-state index contributed by atoms with van der Waals surface area (Å²) < 4.78 is 10.4. The maximum absolute atomic E-state index is 12.0. The first kappa shape index (κ1) is 20.6. The molecule has 0 aliphatic carbocycles. The van der Waals surface area contributed by atoms with Gasteiger partial charge in [0.2, 0.25) is 0 Å². The summed E-state index contributed by atoms with van der Waals surface area (Å²) in [6, 6.07) is 8.92. The highest BCUT2D eigenvalue weighted by atomic mass is 32.2. The van der Waals surface area contributed by atoms with Gasteiger partial charge in [-0.15, -0.1) is 11.8 Å². The Morgan fingerprint density at radius 2 is 1.93 bits per heavy atom. The lowest BCUT2D eigenvalue weighted by molar-refractivity contribution is 0.0524. The minimum atomic E-state index is -0.497. The lowest BCUT2D eigenvalue weighted by Crippen LogP contribution is -2.09. The van der Waals surface area contributed by atoms with Gasteiger partial charge < -0.3 is 9.15 Å². The molecule has 0 spiro atoms. The van der Waals surface area contributed by atoms with Gasteiger partial charge in [0.25, 0.3) is 0 Å². The van der Waals surface area contributed by atoms with Crippen molar-refractivity contribution >= 4 is 28.7 Å². The van der Waals surface area contributed by atoms with Crippen molar-refractivity contribution in [1.82, 2.24) is 4.98 Å². The molecule has 0 unspecified atom stereocenters. The molecule has 2 aromatic heterocycles. The van der Waals surface area contributed by atoms with E-state index in [0.29, 0.717) is 27.6 Å². The van der Waals surface area contributed by atoms with Crippen molar-refractivity contribution in [3.63, 3.8) is 0 Å². The molecule has 0 saturated heterocycles. The number of fused-ring (bicyclic) bond motifs is 1. The molecule has 0 N–H and O–H groups in total. The summed E-state index contributed by atoms with van der Waals surface area (Å²) in [6.45, 7) is 7.65. The summed E-state index contributed by atoms with van der Waals surface area (Å²) in [5, 5.41) is 10.9. The van der Waals surface area contributed by atoms with E-state index in [1.54, 1.807) is 13.8 Å². The third kappa shape index (κ3) is 4.33. The fourth-order valence-electron chi connectivity index (χ4n) is 2.94. The molecular weight excluding hydrogens is 388 g/mol. The molecule has 7 heteroatoms. The summed E-state index contributed by atoms with van der Waals surface area (Å²) in [5.41, 5.74) is 4.15. The highest BCUT2D eigenvalue weighted by Gasteiger charge is 2.17. The highest BCUT2D eigenvalue weighted by molar-refractivity contribution is 7.98. The molecule has 0 saturated carbocycles. The largest absolute Gasteiger partial charge is 0.462 e. The first-order chi connectivity index (χ1) is 13.8. The van der Waals surface area contributed by atoms with Gasteiger partial charge in [0.15, 0.2) is 0 Å². The Morgan fingerprint density at radius 3 is 2.62 bits per heavy atom. The zero-order valence-electron chi connectivity index (χ0n) is 16.7. The van der Waals surface area contributed by atoms with Gasteiger partial charge in [-0.1, -0.05) is 0 Å². The van der Waals surface area contributed by atoms with Gasteiger partial charge in [-0.25, -0.2) is 14.6 Å². The van der Waals surface area contributed by atoms with Gasteiger partial charge in [0.05, 0.1) is 23.4 Å². The van der Waals surface area contributed by atoms with Crippen molar-refractivity contribution in [1.29, 1.82) is 5.26 Å². The first-order valence-electron chi connectivity index (χ1n) is 9.09. The van der Waals surface area contributed by atoms with Crippen LogP contribution in [0, 0.1) is 32.1 Å². The number of thioether (sulfide) groups is 1. The number of aromatic nitrogens is 1. The van der Waals surface area contributed by atoms with Crippen molar-refractivity contribution in [2.24, 2.45) is 0 Å². The van der Waals surface area contributed by atoms with E-state index in [1.807, 2.05) is 26.0 Å². The molecule has 0 atom stereocenters. The molecule has 0 aliphatic heterocycles. The van der Waals surface area contributed by atoms with Gasteiger partial charge in [0, 0.05) is 17.2 Å². The normalized spacial score (nSPS) is 10.7. The van der Waals surface area contributed by atoms with Crippen molar-refractivity contribution < 1.29 is 13.9 Å². The molecule has 29 heavy (non-hydrogen) atoms. The Labute approximate surface area is 172 Å². The summed E-state index contributed by atoms with van der Waals surface area (Å²) in [7, 11) is 0. The number of hydrogen-bond acceptors (Lipinski definition) is 7. The molecule has 3 rings (SSSR count). The van der Waals surface area contributed by atoms with Crippen LogP contribution in [-0.4, -0.2) is 17.6 Å². The fraction of sp³-hybridized carbons (Fsp3) is 0.273. The number of esters is 1. The number of carbonyl (C=O) groups is 1. The molecule has 3 aromatic rings. The Kier molecular flexibility index (Phi) is 6.04. The van der Waals surface area contributed by atoms with Gasteiger partial charge in [-0.3, -0.25) is 0 Å². The van der Waals surface area contributed by atoms with E-state index < -0.39 is 11.6 Å². The van der Waals surface area contributed by atoms with Crippen LogP contribution in [0.3, 0.4) is 0 Å². The number of ether oxygens (including phenoxy) is 1. The fourth-order valence-corrected chi connectivity index (χ4v) is 3.93. The SMILES string of the molecule is CCOC(=O)c1cc(C#N)c(SCc2cc(=O)oc3cc(C)c(C)cc23)nc1C. The molecule has 0 fully saturated rings. The van der Waals surface area contributed by atoms with Crippen molar-refractivity contribution in [3.8, 4) is 6.07 Å². The van der Waals surface area contributed by atoms with Gasteiger partial charge in [-0.05, 0) is 62.6 Å². The summed E-state index contributed by atoms with van der Waals surface area (Å²) >= 11 is 1.34. The summed E-state index contributed by atoms with van der Waals surface area (Å²) in [6.07, 6.45) is 0. The Balaban J connectivity index is 1.97. The van der Waals surface area contributed by atoms with Crippen LogP contribution in [-0.2, 0) is 10.5 Å². The summed E-state index contributed by atoms with van der Waals surface area (Å²) in [5.74, 6) is -0.0622. The number of carbonyl (C=O) groups excluding carboxylic acids is 1. The van der Waals surface area contributed by atoms with E-state index in [-0.39, 0.29) is 12.2 Å². The molecular formula is C22H20N2O4S. The number of aryl methyl sites for hydroxylation is 3. The number of nitrogens with zero attached hydrogens (tertiary/aromatic N) is 2. The number of benzene rings is 1.